The highest BCUT2D eigenvalue weighted by Crippen LogP contribution is 2.60. The summed E-state index contributed by atoms with van der Waals surface area (Å²) in [6.07, 6.45) is 0. The lowest BCUT2D eigenvalue weighted by molar-refractivity contribution is 0.590. The van der Waals surface area contributed by atoms with Gasteiger partial charge in [-0.1, -0.05) is 172 Å². The fraction of sp³-hybridized carbons (Fsp3) is 0.0909. The largest absolute Gasteiger partial charge is 0.310 e. The summed E-state index contributed by atoms with van der Waals surface area (Å²) in [6.45, 7) is 9.13. The molecule has 9 aromatic carbocycles. The van der Waals surface area contributed by atoms with Crippen LogP contribution < -0.4 is 4.90 Å². The summed E-state index contributed by atoms with van der Waals surface area (Å²) in [5, 5.41) is 5.04. The Morgan fingerprint density at radius 3 is 1.48 bits per heavy atom. The number of nitrogens with zero attached hydrogens (tertiary/aromatic N) is 1. The summed E-state index contributed by atoms with van der Waals surface area (Å²) in [5.41, 5.74) is 18.9. The second kappa shape index (κ2) is 13.3. The molecule has 0 saturated heterocycles. The molecule has 0 unspecified atom stereocenters. The third kappa shape index (κ3) is 5.54. The Labute approximate surface area is 330 Å². The molecular formula is C55H43N. The lowest BCUT2D eigenvalue weighted by atomic mass is 9.70. The number of rotatable bonds is 6. The number of anilines is 3. The van der Waals surface area contributed by atoms with Gasteiger partial charge in [0.15, 0.2) is 0 Å². The highest BCUT2D eigenvalue weighted by Gasteiger charge is 2.33. The number of hydrogen-bond donors (Lipinski definition) is 0. The van der Waals surface area contributed by atoms with Crippen LogP contribution in [0.25, 0.3) is 77.2 Å². The topological polar surface area (TPSA) is 3.24 Å². The van der Waals surface area contributed by atoms with Crippen LogP contribution >= 0.6 is 0 Å². The van der Waals surface area contributed by atoms with E-state index in [9.17, 15) is 0 Å². The van der Waals surface area contributed by atoms with Gasteiger partial charge in [-0.25, -0.2) is 0 Å². The molecule has 0 radical (unpaired) electrons. The third-order valence-corrected chi connectivity index (χ3v) is 11.6. The monoisotopic (exact) mass is 717 g/mol. The fourth-order valence-electron chi connectivity index (χ4n) is 8.82. The molecular weight excluding hydrogens is 675 g/mol. The van der Waals surface area contributed by atoms with Crippen LogP contribution in [0.5, 0.6) is 0 Å². The van der Waals surface area contributed by atoms with Gasteiger partial charge in [-0.2, -0.15) is 0 Å². The molecule has 1 heteroatoms. The predicted octanol–water partition coefficient (Wildman–Crippen LogP) is 15.7. The van der Waals surface area contributed by atoms with Crippen molar-refractivity contribution in [1.82, 2.24) is 0 Å². The zero-order valence-corrected chi connectivity index (χ0v) is 32.3. The summed E-state index contributed by atoms with van der Waals surface area (Å²) < 4.78 is 0. The first-order valence-electron chi connectivity index (χ1n) is 19.7. The van der Waals surface area contributed by atoms with E-state index in [0.717, 1.165) is 11.4 Å². The molecule has 0 bridgehead atoms. The molecule has 0 fully saturated rings. The van der Waals surface area contributed by atoms with E-state index in [-0.39, 0.29) is 5.41 Å². The number of benzene rings is 9. The highest BCUT2D eigenvalue weighted by atomic mass is 15.1. The molecule has 268 valence electrons. The lowest BCUT2D eigenvalue weighted by Gasteiger charge is -2.33. The Morgan fingerprint density at radius 2 is 0.893 bits per heavy atom. The van der Waals surface area contributed by atoms with Crippen molar-refractivity contribution in [2.24, 2.45) is 0 Å². The van der Waals surface area contributed by atoms with Crippen LogP contribution in [0, 0.1) is 6.92 Å². The first-order chi connectivity index (χ1) is 27.3. The molecule has 1 aliphatic rings. The minimum atomic E-state index is 0.00534. The van der Waals surface area contributed by atoms with E-state index in [4.69, 9.17) is 0 Å². The van der Waals surface area contributed by atoms with Crippen molar-refractivity contribution in [2.75, 3.05) is 4.90 Å². The van der Waals surface area contributed by atoms with Gasteiger partial charge in [0, 0.05) is 16.9 Å². The zero-order valence-electron chi connectivity index (χ0n) is 32.3. The highest BCUT2D eigenvalue weighted by molar-refractivity contribution is 6.26. The fourth-order valence-corrected chi connectivity index (χ4v) is 8.82. The van der Waals surface area contributed by atoms with Crippen molar-refractivity contribution in [1.29, 1.82) is 0 Å². The van der Waals surface area contributed by atoms with Gasteiger partial charge < -0.3 is 4.90 Å². The molecule has 0 aromatic heterocycles. The molecule has 0 amide bonds. The molecule has 10 rings (SSSR count). The molecule has 0 spiro atoms. The molecule has 0 atom stereocenters. The molecule has 0 N–H and O–H groups in total. The van der Waals surface area contributed by atoms with Gasteiger partial charge in [0.25, 0.3) is 0 Å². The van der Waals surface area contributed by atoms with Crippen LogP contribution in [0.1, 0.15) is 31.9 Å². The maximum Gasteiger partial charge on any atom is 0.0540 e. The standard InChI is InChI=1S/C55H43N/c1-36-28-30-42(55(2,3)4)35-50(36)56(49-27-17-16-24-44(49)37-18-8-5-9-19-37)43-31-29-40-33-47-48(34-41(40)32-43)54-52(39-22-12-7-13-23-39)46-26-15-14-25-45(46)51(53(47)54)38-20-10-6-11-21-38/h5-35H,1-4H3. The van der Waals surface area contributed by atoms with Gasteiger partial charge in [-0.15, -0.1) is 0 Å². The smallest absolute Gasteiger partial charge is 0.0540 e. The minimum Gasteiger partial charge on any atom is -0.310 e. The average Bonchev–Trinajstić information content (AvgIpc) is 3.23. The second-order valence-electron chi connectivity index (χ2n) is 16.2. The van der Waals surface area contributed by atoms with Gasteiger partial charge in [-0.3, -0.25) is 0 Å². The van der Waals surface area contributed by atoms with Crippen molar-refractivity contribution in [3.8, 4) is 55.6 Å². The van der Waals surface area contributed by atoms with Crippen LogP contribution in [0.15, 0.2) is 188 Å². The van der Waals surface area contributed by atoms with Crippen molar-refractivity contribution < 1.29 is 0 Å². The molecule has 0 heterocycles. The molecule has 9 aromatic rings. The van der Waals surface area contributed by atoms with Crippen LogP contribution in [-0.2, 0) is 5.41 Å². The molecule has 0 saturated carbocycles. The van der Waals surface area contributed by atoms with E-state index in [1.165, 1.54) is 94.0 Å². The average molecular weight is 718 g/mol. The van der Waals surface area contributed by atoms with E-state index in [1.807, 2.05) is 0 Å². The Hall–Kier alpha value is -6.70. The number of hydrogen-bond acceptors (Lipinski definition) is 1. The van der Waals surface area contributed by atoms with E-state index in [2.05, 4.69) is 221 Å². The Morgan fingerprint density at radius 1 is 0.375 bits per heavy atom. The van der Waals surface area contributed by atoms with E-state index < -0.39 is 0 Å². The summed E-state index contributed by atoms with van der Waals surface area (Å²) in [5.74, 6) is 0. The van der Waals surface area contributed by atoms with E-state index in [0.29, 0.717) is 0 Å². The van der Waals surface area contributed by atoms with Gasteiger partial charge in [0.2, 0.25) is 0 Å². The van der Waals surface area contributed by atoms with Crippen molar-refractivity contribution in [2.45, 2.75) is 33.1 Å². The summed E-state index contributed by atoms with van der Waals surface area (Å²) in [7, 11) is 0. The number of para-hydroxylation sites is 1. The molecule has 1 nitrogen and oxygen atoms in total. The van der Waals surface area contributed by atoms with E-state index in [1.54, 1.807) is 0 Å². The minimum absolute atomic E-state index is 0.00534. The normalized spacial score (nSPS) is 11.9. The molecule has 56 heavy (non-hydrogen) atoms. The SMILES string of the molecule is Cc1ccc(C(C)(C)C)cc1N(c1ccc2cc3c(cc2c1)-c1c-3c(-c2ccccc2)c2ccccc2c1-c1ccccc1)c1ccccc1-c1ccccc1. The van der Waals surface area contributed by atoms with Crippen LogP contribution in [0.3, 0.4) is 0 Å². The first-order valence-corrected chi connectivity index (χ1v) is 19.7. The van der Waals surface area contributed by atoms with Crippen LogP contribution in [0.2, 0.25) is 0 Å². The number of aryl methyl sites for hydroxylation is 1. The maximum atomic E-state index is 2.48. The van der Waals surface area contributed by atoms with Gasteiger partial charge >= 0.3 is 0 Å². The summed E-state index contributed by atoms with van der Waals surface area (Å²) >= 11 is 0. The molecule has 0 aliphatic heterocycles. The molecule has 1 aliphatic carbocycles. The van der Waals surface area contributed by atoms with Crippen molar-refractivity contribution >= 4 is 38.6 Å². The Kier molecular flexibility index (Phi) is 8.01. The van der Waals surface area contributed by atoms with Gasteiger partial charge in [-0.05, 0) is 131 Å². The van der Waals surface area contributed by atoms with Gasteiger partial charge in [0.05, 0.1) is 5.69 Å². The predicted molar refractivity (Wildman–Crippen MR) is 240 cm³/mol. The summed E-state index contributed by atoms with van der Waals surface area (Å²) in [6, 6.07) is 69.4. The van der Waals surface area contributed by atoms with Crippen molar-refractivity contribution in [3.05, 3.63) is 199 Å². The van der Waals surface area contributed by atoms with Crippen LogP contribution in [0.4, 0.5) is 17.1 Å². The van der Waals surface area contributed by atoms with Crippen LogP contribution in [-0.4, -0.2) is 0 Å². The second-order valence-corrected chi connectivity index (χ2v) is 16.2. The first kappa shape index (κ1) is 33.8. The summed E-state index contributed by atoms with van der Waals surface area (Å²) in [4.78, 5) is 2.48. The van der Waals surface area contributed by atoms with E-state index >= 15 is 0 Å². The Bertz CT molecular complexity index is 2930. The zero-order chi connectivity index (χ0) is 38.0. The Balaban J connectivity index is 1.22. The quantitative estimate of drug-likeness (QED) is 0.166. The maximum absolute atomic E-state index is 2.48. The van der Waals surface area contributed by atoms with Gasteiger partial charge in [0.1, 0.15) is 0 Å². The van der Waals surface area contributed by atoms with Crippen molar-refractivity contribution in [3.63, 3.8) is 0 Å². The third-order valence-electron chi connectivity index (χ3n) is 11.6. The number of fused-ring (bicyclic) bond motifs is 6. The lowest BCUT2D eigenvalue weighted by Crippen LogP contribution is -2.16.